The van der Waals surface area contributed by atoms with E-state index < -0.39 is 5.91 Å². The highest BCUT2D eigenvalue weighted by Gasteiger charge is 2.12. The molecule has 0 unspecified atom stereocenters. The molecular formula is C18H16FN3O2. The van der Waals surface area contributed by atoms with E-state index in [1.54, 1.807) is 26.0 Å². The lowest BCUT2D eigenvalue weighted by molar-refractivity contribution is -0.117. The Balaban J connectivity index is 1.88. The van der Waals surface area contributed by atoms with Gasteiger partial charge in [0.1, 0.15) is 12.4 Å². The molecule has 1 N–H and O–H groups in total. The molecule has 0 aliphatic carbocycles. The van der Waals surface area contributed by atoms with E-state index in [0.29, 0.717) is 22.3 Å². The zero-order valence-electron chi connectivity index (χ0n) is 13.3. The standard InChI is InChI=1S/C18H16FN3O2/c1-11-9-13(19)7-8-16(11)20-17(23)10-22-18(24)15-6-4-3-5-14(15)12(2)21-22/h3-9H,10H2,1-2H3,(H,20,23). The molecule has 0 aliphatic heterocycles. The van der Waals surface area contributed by atoms with Crippen LogP contribution in [0.2, 0.25) is 0 Å². The summed E-state index contributed by atoms with van der Waals surface area (Å²) >= 11 is 0. The van der Waals surface area contributed by atoms with Gasteiger partial charge >= 0.3 is 0 Å². The van der Waals surface area contributed by atoms with Crippen molar-refractivity contribution >= 4 is 22.4 Å². The van der Waals surface area contributed by atoms with Crippen LogP contribution in [0.25, 0.3) is 10.8 Å². The lowest BCUT2D eigenvalue weighted by Gasteiger charge is -2.11. The predicted molar refractivity (Wildman–Crippen MR) is 90.5 cm³/mol. The van der Waals surface area contributed by atoms with Crippen LogP contribution in [0.15, 0.2) is 47.3 Å². The molecule has 24 heavy (non-hydrogen) atoms. The SMILES string of the molecule is Cc1cc(F)ccc1NC(=O)Cn1nc(C)c2ccccc2c1=O. The van der Waals surface area contributed by atoms with Gasteiger partial charge in [-0.3, -0.25) is 9.59 Å². The summed E-state index contributed by atoms with van der Waals surface area (Å²) in [7, 11) is 0. The molecule has 0 atom stereocenters. The number of carbonyl (C=O) groups excluding carboxylic acids is 1. The predicted octanol–water partition coefficient (Wildman–Crippen LogP) is 2.79. The molecule has 1 heterocycles. The van der Waals surface area contributed by atoms with Crippen LogP contribution in [0, 0.1) is 19.7 Å². The van der Waals surface area contributed by atoms with Gasteiger partial charge in [0.05, 0.1) is 11.1 Å². The number of anilines is 1. The van der Waals surface area contributed by atoms with Gasteiger partial charge in [-0.15, -0.1) is 0 Å². The Morgan fingerprint density at radius 3 is 2.58 bits per heavy atom. The maximum Gasteiger partial charge on any atom is 0.275 e. The van der Waals surface area contributed by atoms with Crippen molar-refractivity contribution in [2.24, 2.45) is 0 Å². The summed E-state index contributed by atoms with van der Waals surface area (Å²) in [6.07, 6.45) is 0. The van der Waals surface area contributed by atoms with Crippen LogP contribution < -0.4 is 10.9 Å². The molecule has 1 aromatic heterocycles. The Morgan fingerprint density at radius 1 is 1.17 bits per heavy atom. The summed E-state index contributed by atoms with van der Waals surface area (Å²) in [6, 6.07) is 11.2. The van der Waals surface area contributed by atoms with Crippen LogP contribution >= 0.6 is 0 Å². The van der Waals surface area contributed by atoms with E-state index in [9.17, 15) is 14.0 Å². The topological polar surface area (TPSA) is 64.0 Å². The summed E-state index contributed by atoms with van der Waals surface area (Å²) in [4.78, 5) is 24.7. The maximum atomic E-state index is 13.1. The first kappa shape index (κ1) is 15.9. The molecule has 0 spiro atoms. The number of aryl methyl sites for hydroxylation is 2. The second-order valence-corrected chi connectivity index (χ2v) is 5.60. The van der Waals surface area contributed by atoms with E-state index >= 15 is 0 Å². The molecule has 3 aromatic rings. The smallest absolute Gasteiger partial charge is 0.275 e. The quantitative estimate of drug-likeness (QED) is 0.805. The van der Waals surface area contributed by atoms with E-state index in [1.807, 2.05) is 12.1 Å². The summed E-state index contributed by atoms with van der Waals surface area (Å²) in [5, 5.41) is 8.17. The van der Waals surface area contributed by atoms with Crippen molar-refractivity contribution in [2.45, 2.75) is 20.4 Å². The average Bonchev–Trinajstić information content (AvgIpc) is 2.55. The highest BCUT2D eigenvalue weighted by atomic mass is 19.1. The Morgan fingerprint density at radius 2 is 1.88 bits per heavy atom. The fraction of sp³-hybridized carbons (Fsp3) is 0.167. The second-order valence-electron chi connectivity index (χ2n) is 5.60. The van der Waals surface area contributed by atoms with Gasteiger partial charge in [0.25, 0.3) is 5.56 Å². The van der Waals surface area contributed by atoms with Gasteiger partial charge in [-0.2, -0.15) is 5.10 Å². The van der Waals surface area contributed by atoms with E-state index in [1.165, 1.54) is 18.2 Å². The molecule has 122 valence electrons. The number of rotatable bonds is 3. The molecule has 1 amide bonds. The minimum atomic E-state index is -0.394. The van der Waals surface area contributed by atoms with E-state index in [4.69, 9.17) is 0 Å². The molecule has 0 aliphatic rings. The van der Waals surface area contributed by atoms with E-state index in [-0.39, 0.29) is 17.9 Å². The highest BCUT2D eigenvalue weighted by molar-refractivity contribution is 5.91. The zero-order chi connectivity index (χ0) is 17.3. The van der Waals surface area contributed by atoms with Gasteiger partial charge in [-0.1, -0.05) is 18.2 Å². The molecule has 2 aromatic carbocycles. The molecule has 0 radical (unpaired) electrons. The van der Waals surface area contributed by atoms with E-state index in [0.717, 1.165) is 10.1 Å². The number of amides is 1. The molecule has 0 bridgehead atoms. The summed E-state index contributed by atoms with van der Waals surface area (Å²) in [5.74, 6) is -0.762. The van der Waals surface area contributed by atoms with Crippen molar-refractivity contribution in [3.8, 4) is 0 Å². The van der Waals surface area contributed by atoms with E-state index in [2.05, 4.69) is 10.4 Å². The number of nitrogens with zero attached hydrogens (tertiary/aromatic N) is 2. The molecule has 6 heteroatoms. The van der Waals surface area contributed by atoms with Crippen molar-refractivity contribution < 1.29 is 9.18 Å². The number of hydrogen-bond donors (Lipinski definition) is 1. The zero-order valence-corrected chi connectivity index (χ0v) is 13.3. The summed E-state index contributed by atoms with van der Waals surface area (Å²) in [6.45, 7) is 3.28. The number of benzene rings is 2. The van der Waals surface area contributed by atoms with Crippen LogP contribution in [0.1, 0.15) is 11.3 Å². The van der Waals surface area contributed by atoms with Crippen molar-refractivity contribution in [3.05, 3.63) is 69.9 Å². The van der Waals surface area contributed by atoms with Gasteiger partial charge in [0.2, 0.25) is 5.91 Å². The highest BCUT2D eigenvalue weighted by Crippen LogP contribution is 2.16. The molecule has 0 fully saturated rings. The third-order valence-corrected chi connectivity index (χ3v) is 3.81. The molecule has 3 rings (SSSR count). The molecule has 5 nitrogen and oxygen atoms in total. The second kappa shape index (κ2) is 6.23. The number of carbonyl (C=O) groups is 1. The summed E-state index contributed by atoms with van der Waals surface area (Å²) in [5.41, 5.74) is 1.48. The Bertz CT molecular complexity index is 995. The van der Waals surface area contributed by atoms with Crippen molar-refractivity contribution in [2.75, 3.05) is 5.32 Å². The first-order chi connectivity index (χ1) is 11.5. The lowest BCUT2D eigenvalue weighted by atomic mass is 10.1. The van der Waals surface area contributed by atoms with Crippen molar-refractivity contribution in [3.63, 3.8) is 0 Å². The van der Waals surface area contributed by atoms with Crippen molar-refractivity contribution in [1.29, 1.82) is 0 Å². The van der Waals surface area contributed by atoms with Gasteiger partial charge in [-0.25, -0.2) is 9.07 Å². The van der Waals surface area contributed by atoms with Crippen LogP contribution in [0.3, 0.4) is 0 Å². The van der Waals surface area contributed by atoms with Crippen LogP contribution in [-0.2, 0) is 11.3 Å². The van der Waals surface area contributed by atoms with Crippen LogP contribution in [0.5, 0.6) is 0 Å². The van der Waals surface area contributed by atoms with Gasteiger partial charge in [-0.05, 0) is 43.7 Å². The average molecular weight is 325 g/mol. The van der Waals surface area contributed by atoms with Gasteiger partial charge in [0, 0.05) is 11.1 Å². The third kappa shape index (κ3) is 3.03. The fourth-order valence-electron chi connectivity index (χ4n) is 2.60. The van der Waals surface area contributed by atoms with Gasteiger partial charge < -0.3 is 5.32 Å². The molecular weight excluding hydrogens is 309 g/mol. The third-order valence-electron chi connectivity index (χ3n) is 3.81. The van der Waals surface area contributed by atoms with Crippen LogP contribution in [0.4, 0.5) is 10.1 Å². The Kier molecular flexibility index (Phi) is 4.12. The van der Waals surface area contributed by atoms with Crippen LogP contribution in [-0.4, -0.2) is 15.7 Å². The number of hydrogen-bond acceptors (Lipinski definition) is 3. The number of aromatic nitrogens is 2. The minimum absolute atomic E-state index is 0.207. The Hall–Kier alpha value is -3.02. The first-order valence-corrected chi connectivity index (χ1v) is 7.48. The minimum Gasteiger partial charge on any atom is -0.324 e. The molecule has 0 saturated heterocycles. The lowest BCUT2D eigenvalue weighted by Crippen LogP contribution is -2.30. The number of fused-ring (bicyclic) bond motifs is 1. The first-order valence-electron chi connectivity index (χ1n) is 7.48. The Labute approximate surface area is 137 Å². The number of nitrogens with one attached hydrogen (secondary N) is 1. The van der Waals surface area contributed by atoms with Gasteiger partial charge in [0.15, 0.2) is 0 Å². The summed E-state index contributed by atoms with van der Waals surface area (Å²) < 4.78 is 14.3. The fourth-order valence-corrected chi connectivity index (χ4v) is 2.60. The van der Waals surface area contributed by atoms with Crippen molar-refractivity contribution in [1.82, 2.24) is 9.78 Å². The maximum absolute atomic E-state index is 13.1. The number of halogens is 1. The monoisotopic (exact) mass is 325 g/mol. The largest absolute Gasteiger partial charge is 0.324 e. The normalized spacial score (nSPS) is 10.8. The molecule has 0 saturated carbocycles.